The van der Waals surface area contributed by atoms with E-state index in [4.69, 9.17) is 0 Å². The summed E-state index contributed by atoms with van der Waals surface area (Å²) in [5.74, 6) is -1.84. The van der Waals surface area contributed by atoms with Crippen LogP contribution in [0.15, 0.2) is 48.5 Å². The molecule has 0 radical (unpaired) electrons. The molecule has 6 N–H and O–H groups in total. The largest absolute Gasteiger partial charge is 0.507 e. The summed E-state index contributed by atoms with van der Waals surface area (Å²) in [7, 11) is 0. The topological polar surface area (TPSA) is 174 Å². The Balaban J connectivity index is 1.92. The number of unbranched alkanes of at least 4 members (excludes halogenated alkanes) is 4. The van der Waals surface area contributed by atoms with Crippen molar-refractivity contribution in [1.29, 1.82) is 0 Å². The molecule has 0 saturated carbocycles. The fourth-order valence-electron chi connectivity index (χ4n) is 5.26. The average molecular weight is 793 g/mol. The molecule has 1 unspecified atom stereocenters. The summed E-state index contributed by atoms with van der Waals surface area (Å²) >= 11 is 2.02. The molecule has 0 aliphatic heterocycles. The van der Waals surface area contributed by atoms with Crippen molar-refractivity contribution in [2.45, 2.75) is 116 Å². The SMILES string of the molecule is CC(C)N[C@H](Cc1ccc(O)c(I)c1)C(=O)NC(C(=O)N[C@H](CCCCNC(=O)CCCCCCC(=O)C(C)C)C(=O)O)c1ccccc1. The molecule has 3 atom stereocenters. The van der Waals surface area contributed by atoms with Crippen molar-refractivity contribution in [3.63, 3.8) is 0 Å². The van der Waals surface area contributed by atoms with E-state index >= 15 is 0 Å². The molecule has 2 aromatic rings. The third-order valence-electron chi connectivity index (χ3n) is 8.06. The summed E-state index contributed by atoms with van der Waals surface area (Å²) in [5, 5.41) is 31.4. The molecule has 12 heteroatoms. The third kappa shape index (κ3) is 16.2. The first kappa shape index (κ1) is 41.7. The summed E-state index contributed by atoms with van der Waals surface area (Å²) in [6.45, 7) is 8.02. The van der Waals surface area contributed by atoms with Crippen LogP contribution < -0.4 is 21.3 Å². The predicted molar refractivity (Wildman–Crippen MR) is 198 cm³/mol. The second-order valence-corrected chi connectivity index (χ2v) is 14.2. The molecule has 0 aliphatic rings. The maximum Gasteiger partial charge on any atom is 0.326 e. The summed E-state index contributed by atoms with van der Waals surface area (Å²) in [5.41, 5.74) is 1.33. The fourth-order valence-corrected chi connectivity index (χ4v) is 5.84. The van der Waals surface area contributed by atoms with Gasteiger partial charge in [-0.25, -0.2) is 4.79 Å². The molecule has 3 amide bonds. The normalized spacial score (nSPS) is 13.0. The number of aliphatic carboxylic acids is 1. The fraction of sp³-hybridized carbons (Fsp3) is 0.541. The highest BCUT2D eigenvalue weighted by Crippen LogP contribution is 2.22. The number of carboxylic acid groups (broad SMARTS) is 1. The van der Waals surface area contributed by atoms with E-state index in [1.807, 2.05) is 50.3 Å². The van der Waals surface area contributed by atoms with Crippen LogP contribution in [0.1, 0.15) is 103 Å². The zero-order valence-electron chi connectivity index (χ0n) is 29.1. The van der Waals surface area contributed by atoms with E-state index in [0.717, 1.165) is 31.2 Å². The van der Waals surface area contributed by atoms with Gasteiger partial charge in [-0.05, 0) is 84.4 Å². The Kier molecular flexibility index (Phi) is 18.9. The molecular weight excluding hydrogens is 739 g/mol. The van der Waals surface area contributed by atoms with Crippen LogP contribution in [0, 0.1) is 9.49 Å². The number of aromatic hydroxyl groups is 1. The van der Waals surface area contributed by atoms with Gasteiger partial charge >= 0.3 is 5.97 Å². The number of hydrogen-bond donors (Lipinski definition) is 6. The van der Waals surface area contributed by atoms with E-state index < -0.39 is 35.9 Å². The van der Waals surface area contributed by atoms with Crippen LogP contribution in [-0.2, 0) is 30.4 Å². The van der Waals surface area contributed by atoms with Gasteiger partial charge in [0.25, 0.3) is 0 Å². The molecule has 49 heavy (non-hydrogen) atoms. The molecule has 0 saturated heterocycles. The van der Waals surface area contributed by atoms with E-state index in [1.54, 1.807) is 48.5 Å². The highest BCUT2D eigenvalue weighted by Gasteiger charge is 2.30. The number of carbonyl (C=O) groups excluding carboxylic acids is 4. The van der Waals surface area contributed by atoms with Crippen molar-refractivity contribution in [3.05, 3.63) is 63.2 Å². The predicted octanol–water partition coefficient (Wildman–Crippen LogP) is 5.19. The summed E-state index contributed by atoms with van der Waals surface area (Å²) in [6, 6.07) is 10.7. The molecule has 270 valence electrons. The molecule has 0 bridgehead atoms. The Labute approximate surface area is 303 Å². The van der Waals surface area contributed by atoms with Crippen molar-refractivity contribution in [2.75, 3.05) is 6.54 Å². The first-order valence-electron chi connectivity index (χ1n) is 17.2. The van der Waals surface area contributed by atoms with Crippen LogP contribution >= 0.6 is 22.6 Å². The Hall–Kier alpha value is -3.52. The van der Waals surface area contributed by atoms with Gasteiger partial charge in [0.15, 0.2) is 0 Å². The number of Topliss-reactive ketones (excluding diaryl/α,β-unsaturated/α-hetero) is 1. The van der Waals surface area contributed by atoms with Crippen molar-refractivity contribution in [2.24, 2.45) is 5.92 Å². The number of halogens is 1. The molecule has 0 fully saturated rings. The van der Waals surface area contributed by atoms with Gasteiger partial charge in [0.05, 0.1) is 9.61 Å². The molecule has 2 rings (SSSR count). The lowest BCUT2D eigenvalue weighted by Crippen LogP contribution is -2.52. The van der Waals surface area contributed by atoms with Crippen molar-refractivity contribution in [1.82, 2.24) is 21.3 Å². The smallest absolute Gasteiger partial charge is 0.326 e. The monoisotopic (exact) mass is 792 g/mol. The maximum absolute atomic E-state index is 13.6. The zero-order valence-corrected chi connectivity index (χ0v) is 31.3. The quantitative estimate of drug-likeness (QED) is 0.0660. The Morgan fingerprint density at radius 3 is 2.06 bits per heavy atom. The Morgan fingerprint density at radius 1 is 0.776 bits per heavy atom. The van der Waals surface area contributed by atoms with E-state index in [0.29, 0.717) is 47.8 Å². The van der Waals surface area contributed by atoms with Crippen LogP contribution in [-0.4, -0.2) is 64.4 Å². The van der Waals surface area contributed by atoms with Gasteiger partial charge in [-0.3, -0.25) is 19.2 Å². The maximum atomic E-state index is 13.6. The number of amides is 3. The number of nitrogens with one attached hydrogen (secondary N) is 4. The Bertz CT molecular complexity index is 1370. The number of phenolic OH excluding ortho intramolecular Hbond substituents is 1. The number of ketones is 1. The number of rotatable bonds is 23. The van der Waals surface area contributed by atoms with Crippen LogP contribution in [0.3, 0.4) is 0 Å². The first-order valence-corrected chi connectivity index (χ1v) is 18.3. The molecule has 2 aromatic carbocycles. The van der Waals surface area contributed by atoms with Crippen molar-refractivity contribution < 1.29 is 34.2 Å². The number of phenols is 1. The molecular formula is C37H53IN4O7. The van der Waals surface area contributed by atoms with Crippen LogP contribution in [0.5, 0.6) is 5.75 Å². The van der Waals surface area contributed by atoms with Gasteiger partial charge < -0.3 is 31.5 Å². The highest BCUT2D eigenvalue weighted by molar-refractivity contribution is 14.1. The van der Waals surface area contributed by atoms with Gasteiger partial charge in [-0.15, -0.1) is 0 Å². The summed E-state index contributed by atoms with van der Waals surface area (Å²) < 4.78 is 0.654. The second-order valence-electron chi connectivity index (χ2n) is 13.0. The molecule has 0 aliphatic carbocycles. The van der Waals surface area contributed by atoms with Crippen molar-refractivity contribution >= 4 is 52.1 Å². The standard InChI is InChI=1S/C37H53IN4O7/c1-24(2)31(43)17-10-5-6-11-18-33(45)39-21-13-12-16-29(37(48)49)41-36(47)34(27-14-8-7-9-15-27)42-35(46)30(40-25(3)4)23-26-19-20-32(44)28(38)22-26/h7-9,14-15,19-20,22,24-25,29-30,34,40,44H,5-6,10-13,16-18,21,23H2,1-4H3,(H,39,45)(H,41,47)(H,42,46)(H,48,49)/t29-,30-,34?/m1/s1. The third-order valence-corrected chi connectivity index (χ3v) is 8.93. The lowest BCUT2D eigenvalue weighted by molar-refractivity contribution is -0.142. The van der Waals surface area contributed by atoms with Gasteiger partial charge in [-0.1, -0.05) is 76.9 Å². The van der Waals surface area contributed by atoms with Crippen LogP contribution in [0.4, 0.5) is 0 Å². The highest BCUT2D eigenvalue weighted by atomic mass is 127. The number of carboxylic acids is 1. The second kappa shape index (κ2) is 22.2. The van der Waals surface area contributed by atoms with Gasteiger partial charge in [-0.2, -0.15) is 0 Å². The molecule has 11 nitrogen and oxygen atoms in total. The summed E-state index contributed by atoms with van der Waals surface area (Å²) in [4.78, 5) is 63.2. The summed E-state index contributed by atoms with van der Waals surface area (Å²) in [6.07, 6.45) is 5.83. The number of carbonyl (C=O) groups is 5. The minimum atomic E-state index is -1.19. The number of benzene rings is 2. The van der Waals surface area contributed by atoms with E-state index in [1.165, 1.54) is 0 Å². The minimum absolute atomic E-state index is 0.0467. The number of hydrogen-bond acceptors (Lipinski definition) is 7. The van der Waals surface area contributed by atoms with Gasteiger partial charge in [0, 0.05) is 31.3 Å². The average Bonchev–Trinajstić information content (AvgIpc) is 3.05. The van der Waals surface area contributed by atoms with Crippen molar-refractivity contribution in [3.8, 4) is 5.75 Å². The van der Waals surface area contributed by atoms with E-state index in [-0.39, 0.29) is 35.8 Å². The lowest BCUT2D eigenvalue weighted by atomic mass is 10.0. The van der Waals surface area contributed by atoms with Gasteiger partial charge in [0.1, 0.15) is 23.6 Å². The lowest BCUT2D eigenvalue weighted by Gasteiger charge is -2.26. The first-order chi connectivity index (χ1) is 23.3. The van der Waals surface area contributed by atoms with E-state index in [2.05, 4.69) is 21.3 Å². The Morgan fingerprint density at radius 2 is 1.45 bits per heavy atom. The van der Waals surface area contributed by atoms with Gasteiger partial charge in [0.2, 0.25) is 17.7 Å². The van der Waals surface area contributed by atoms with E-state index in [9.17, 15) is 34.2 Å². The molecule has 0 heterocycles. The zero-order chi connectivity index (χ0) is 36.3. The molecule has 0 spiro atoms. The van der Waals surface area contributed by atoms with Crippen LogP contribution in [0.25, 0.3) is 0 Å². The minimum Gasteiger partial charge on any atom is -0.507 e. The molecule has 0 aromatic heterocycles. The van der Waals surface area contributed by atoms with Crippen LogP contribution in [0.2, 0.25) is 0 Å².